The summed E-state index contributed by atoms with van der Waals surface area (Å²) in [4.78, 5) is 16.6. The summed E-state index contributed by atoms with van der Waals surface area (Å²) in [7, 11) is 0. The summed E-state index contributed by atoms with van der Waals surface area (Å²) in [5, 5.41) is 4.26. The third kappa shape index (κ3) is 3.97. The average molecular weight is 401 g/mol. The van der Waals surface area contributed by atoms with Crippen molar-refractivity contribution in [2.45, 2.75) is 13.8 Å². The number of esters is 1. The summed E-state index contributed by atoms with van der Waals surface area (Å²) in [5.41, 5.74) is 3.92. The van der Waals surface area contributed by atoms with Crippen LogP contribution in [0.15, 0.2) is 42.5 Å². The summed E-state index contributed by atoms with van der Waals surface area (Å²) in [6.45, 7) is 5.17. The molecule has 2 heterocycles. The lowest BCUT2D eigenvalue weighted by Gasteiger charge is -2.19. The first-order valence-electron chi connectivity index (χ1n) is 8.89. The topological polar surface area (TPSA) is 69.7 Å². The number of aromatic nitrogens is 1. The Labute approximate surface area is 169 Å². The first-order chi connectivity index (χ1) is 13.1. The molecule has 0 radical (unpaired) electrons. The van der Waals surface area contributed by atoms with Crippen molar-refractivity contribution in [1.82, 2.24) is 4.98 Å². The molecule has 1 N–H and O–H groups in total. The molecule has 1 aromatic heterocycles. The van der Waals surface area contributed by atoms with Gasteiger partial charge in [-0.05, 0) is 50.2 Å². The summed E-state index contributed by atoms with van der Waals surface area (Å²) in [6, 6.07) is 13.1. The van der Waals surface area contributed by atoms with Crippen molar-refractivity contribution in [3.8, 4) is 11.5 Å². The van der Waals surface area contributed by atoms with E-state index >= 15 is 0 Å². The highest BCUT2D eigenvalue weighted by molar-refractivity contribution is 5.99. The molecule has 4 rings (SSSR count). The van der Waals surface area contributed by atoms with E-state index in [9.17, 15) is 4.79 Å². The van der Waals surface area contributed by atoms with Crippen LogP contribution in [0.4, 0.5) is 11.4 Å². The molecular weight excluding hydrogens is 380 g/mol. The second-order valence-corrected chi connectivity index (χ2v) is 6.25. The van der Waals surface area contributed by atoms with Crippen molar-refractivity contribution in [3.63, 3.8) is 0 Å². The van der Waals surface area contributed by atoms with E-state index in [2.05, 4.69) is 10.3 Å². The lowest BCUT2D eigenvalue weighted by molar-refractivity contribution is 0.0526. The monoisotopic (exact) mass is 400 g/mol. The number of hydrogen-bond donors (Lipinski definition) is 1. The number of hydrogen-bond acceptors (Lipinski definition) is 6. The number of aryl methyl sites for hydroxylation is 1. The molecule has 0 saturated carbocycles. The van der Waals surface area contributed by atoms with Crippen molar-refractivity contribution < 1.29 is 19.0 Å². The van der Waals surface area contributed by atoms with Crippen LogP contribution in [0.5, 0.6) is 11.5 Å². The van der Waals surface area contributed by atoms with E-state index in [-0.39, 0.29) is 18.4 Å². The number of halogens is 1. The molecule has 0 spiro atoms. The molecule has 0 fully saturated rings. The van der Waals surface area contributed by atoms with Crippen LogP contribution in [0.2, 0.25) is 0 Å². The van der Waals surface area contributed by atoms with Gasteiger partial charge in [0.1, 0.15) is 13.2 Å². The third-order valence-corrected chi connectivity index (χ3v) is 4.27. The highest BCUT2D eigenvalue weighted by Crippen LogP contribution is 2.35. The molecule has 7 heteroatoms. The maximum atomic E-state index is 12.1. The molecule has 0 bridgehead atoms. The van der Waals surface area contributed by atoms with Crippen LogP contribution in [0, 0.1) is 6.92 Å². The number of anilines is 2. The Kier molecular flexibility index (Phi) is 5.90. The Hall–Kier alpha value is -2.99. The van der Waals surface area contributed by atoms with Gasteiger partial charge in [0.05, 0.1) is 17.7 Å². The summed E-state index contributed by atoms with van der Waals surface area (Å²) >= 11 is 0. The van der Waals surface area contributed by atoms with Gasteiger partial charge in [-0.3, -0.25) is 4.98 Å². The van der Waals surface area contributed by atoms with Gasteiger partial charge in [0.15, 0.2) is 11.5 Å². The zero-order chi connectivity index (χ0) is 18.8. The van der Waals surface area contributed by atoms with Crippen molar-refractivity contribution in [3.05, 3.63) is 53.7 Å². The number of fused-ring (bicyclic) bond motifs is 2. The Morgan fingerprint density at radius 2 is 1.89 bits per heavy atom. The van der Waals surface area contributed by atoms with Gasteiger partial charge in [0, 0.05) is 28.5 Å². The lowest BCUT2D eigenvalue weighted by Crippen LogP contribution is -2.15. The van der Waals surface area contributed by atoms with Crippen LogP contribution in [-0.4, -0.2) is 30.8 Å². The van der Waals surface area contributed by atoms with E-state index < -0.39 is 0 Å². The van der Waals surface area contributed by atoms with Crippen LogP contribution in [0.3, 0.4) is 0 Å². The molecule has 0 amide bonds. The molecule has 0 saturated heterocycles. The molecule has 3 aromatic rings. The third-order valence-electron chi connectivity index (χ3n) is 4.27. The molecular formula is C21H21ClN2O4. The Morgan fingerprint density at radius 3 is 2.68 bits per heavy atom. The van der Waals surface area contributed by atoms with E-state index in [1.54, 1.807) is 19.1 Å². The predicted molar refractivity (Wildman–Crippen MR) is 110 cm³/mol. The highest BCUT2D eigenvalue weighted by Gasteiger charge is 2.14. The van der Waals surface area contributed by atoms with Gasteiger partial charge in [-0.1, -0.05) is 0 Å². The number of nitrogens with zero attached hydrogens (tertiary/aromatic N) is 1. The quantitative estimate of drug-likeness (QED) is 0.642. The minimum atomic E-state index is -0.342. The van der Waals surface area contributed by atoms with Gasteiger partial charge in [-0.15, -0.1) is 12.4 Å². The number of nitrogens with one attached hydrogen (secondary N) is 1. The maximum absolute atomic E-state index is 12.1. The van der Waals surface area contributed by atoms with Crippen molar-refractivity contribution >= 4 is 40.7 Å². The predicted octanol–water partition coefficient (Wildman–Crippen LogP) is 4.66. The average Bonchev–Trinajstić information content (AvgIpc) is 2.67. The fraction of sp³-hybridized carbons (Fsp3) is 0.238. The molecule has 0 unspecified atom stereocenters. The van der Waals surface area contributed by atoms with Crippen molar-refractivity contribution in [1.29, 1.82) is 0 Å². The van der Waals surface area contributed by atoms with Crippen molar-refractivity contribution in [2.75, 3.05) is 25.1 Å². The Morgan fingerprint density at radius 1 is 1.11 bits per heavy atom. The number of carbonyl (C=O) groups is 1. The minimum Gasteiger partial charge on any atom is -0.486 e. The standard InChI is InChI=1S/C21H20N2O4.ClH/c1-3-25-21(24)14-4-6-17-16(11-14)18(10-13(2)22-17)23-15-5-7-19-20(12-15)27-9-8-26-19;/h4-7,10-12H,3,8-9H2,1-2H3,(H,22,23);1H. The molecule has 6 nitrogen and oxygen atoms in total. The van der Waals surface area contributed by atoms with E-state index in [4.69, 9.17) is 14.2 Å². The van der Waals surface area contributed by atoms with Crippen LogP contribution in [0.25, 0.3) is 10.9 Å². The number of carbonyl (C=O) groups excluding carboxylic acids is 1. The zero-order valence-corrected chi connectivity index (χ0v) is 16.5. The first kappa shape index (κ1) is 19.8. The number of rotatable bonds is 4. The lowest BCUT2D eigenvalue weighted by atomic mass is 10.1. The number of pyridine rings is 1. The normalized spacial score (nSPS) is 12.2. The van der Waals surface area contributed by atoms with Gasteiger partial charge in [-0.25, -0.2) is 4.79 Å². The Balaban J connectivity index is 0.00000225. The molecule has 28 heavy (non-hydrogen) atoms. The summed E-state index contributed by atoms with van der Waals surface area (Å²) in [5.74, 6) is 1.12. The zero-order valence-electron chi connectivity index (χ0n) is 15.7. The minimum absolute atomic E-state index is 0. The van der Waals surface area contributed by atoms with Crippen LogP contribution >= 0.6 is 12.4 Å². The molecule has 1 aliphatic heterocycles. The summed E-state index contributed by atoms with van der Waals surface area (Å²) in [6.07, 6.45) is 0. The second-order valence-electron chi connectivity index (χ2n) is 6.25. The molecule has 0 aliphatic carbocycles. The van der Waals surface area contributed by atoms with Gasteiger partial charge < -0.3 is 19.5 Å². The number of ether oxygens (including phenoxy) is 3. The van der Waals surface area contributed by atoms with Gasteiger partial charge in [0.2, 0.25) is 0 Å². The van der Waals surface area contributed by atoms with Crippen molar-refractivity contribution in [2.24, 2.45) is 0 Å². The molecule has 0 atom stereocenters. The van der Waals surface area contributed by atoms with E-state index in [1.807, 2.05) is 37.3 Å². The van der Waals surface area contributed by atoms with Gasteiger partial charge in [-0.2, -0.15) is 0 Å². The largest absolute Gasteiger partial charge is 0.486 e. The first-order valence-corrected chi connectivity index (χ1v) is 8.89. The number of benzene rings is 2. The second kappa shape index (κ2) is 8.35. The summed E-state index contributed by atoms with van der Waals surface area (Å²) < 4.78 is 16.3. The smallest absolute Gasteiger partial charge is 0.338 e. The fourth-order valence-electron chi connectivity index (χ4n) is 3.08. The molecule has 146 valence electrons. The highest BCUT2D eigenvalue weighted by atomic mass is 35.5. The van der Waals surface area contributed by atoms with Crippen LogP contribution in [0.1, 0.15) is 23.0 Å². The maximum Gasteiger partial charge on any atom is 0.338 e. The van der Waals surface area contributed by atoms with E-state index in [1.165, 1.54) is 0 Å². The molecule has 1 aliphatic rings. The Bertz CT molecular complexity index is 1020. The molecule has 2 aromatic carbocycles. The van der Waals surface area contributed by atoms with Crippen LogP contribution in [-0.2, 0) is 4.74 Å². The fourth-order valence-corrected chi connectivity index (χ4v) is 3.08. The van der Waals surface area contributed by atoms with Crippen LogP contribution < -0.4 is 14.8 Å². The van der Waals surface area contributed by atoms with E-state index in [0.717, 1.165) is 33.7 Å². The SMILES string of the molecule is CCOC(=O)c1ccc2nc(C)cc(Nc3ccc4c(c3)OCCO4)c2c1.Cl. The van der Waals surface area contributed by atoms with Gasteiger partial charge >= 0.3 is 5.97 Å². The van der Waals surface area contributed by atoms with E-state index in [0.29, 0.717) is 31.1 Å². The van der Waals surface area contributed by atoms with Gasteiger partial charge in [0.25, 0.3) is 0 Å².